The third-order valence-electron chi connectivity index (χ3n) is 3.60. The number of hydrogen-bond donors (Lipinski definition) is 1. The number of pyridine rings is 1. The second-order valence-corrected chi connectivity index (χ2v) is 5.34. The zero-order chi connectivity index (χ0) is 15.1. The van der Waals surface area contributed by atoms with Gasteiger partial charge in [0.1, 0.15) is 12.2 Å². The summed E-state index contributed by atoms with van der Waals surface area (Å²) in [6, 6.07) is 2.36. The van der Waals surface area contributed by atoms with E-state index in [1.165, 1.54) is 11.1 Å². The van der Waals surface area contributed by atoms with Crippen molar-refractivity contribution < 1.29 is 0 Å². The summed E-state index contributed by atoms with van der Waals surface area (Å²) in [5.41, 5.74) is 2.51. The molecule has 0 amide bonds. The van der Waals surface area contributed by atoms with E-state index in [2.05, 4.69) is 47.2 Å². The van der Waals surface area contributed by atoms with Gasteiger partial charge in [-0.2, -0.15) is 5.10 Å². The van der Waals surface area contributed by atoms with Crippen LogP contribution in [0.25, 0.3) is 0 Å². The van der Waals surface area contributed by atoms with Gasteiger partial charge in [0.05, 0.1) is 0 Å². The van der Waals surface area contributed by atoms with Gasteiger partial charge in [-0.15, -0.1) is 0 Å². The molecule has 2 aromatic rings. The van der Waals surface area contributed by atoms with Gasteiger partial charge in [-0.05, 0) is 43.5 Å². The van der Waals surface area contributed by atoms with Crippen LogP contribution in [-0.4, -0.2) is 26.3 Å². The Bertz CT molecular complexity index is 549. The highest BCUT2D eigenvalue weighted by atomic mass is 15.3. The van der Waals surface area contributed by atoms with Crippen LogP contribution in [-0.2, 0) is 13.0 Å². The van der Waals surface area contributed by atoms with Crippen molar-refractivity contribution in [1.29, 1.82) is 0 Å². The van der Waals surface area contributed by atoms with Crippen molar-refractivity contribution in [1.82, 2.24) is 25.1 Å². The van der Waals surface area contributed by atoms with Gasteiger partial charge in [0, 0.05) is 31.4 Å². The van der Waals surface area contributed by atoms with Gasteiger partial charge in [-0.25, -0.2) is 4.98 Å². The van der Waals surface area contributed by atoms with Crippen molar-refractivity contribution >= 4 is 0 Å². The molecular formula is C16H25N5. The molecule has 0 aliphatic rings. The molecule has 5 heteroatoms. The standard InChI is InChI=1S/C16H25N5/c1-4-7-18-15(14-6-8-17-11-13(14)3)10-16-19-12-20-21(16)9-5-2/h6,8,11-12,15,18H,4-5,7,9-10H2,1-3H3. The lowest BCUT2D eigenvalue weighted by Crippen LogP contribution is -2.26. The molecule has 1 atom stereocenters. The first kappa shape index (κ1) is 15.6. The van der Waals surface area contributed by atoms with Gasteiger partial charge in [-0.1, -0.05) is 13.8 Å². The molecule has 0 saturated carbocycles. The first-order valence-electron chi connectivity index (χ1n) is 7.76. The van der Waals surface area contributed by atoms with E-state index < -0.39 is 0 Å². The average molecular weight is 287 g/mol. The van der Waals surface area contributed by atoms with Gasteiger partial charge >= 0.3 is 0 Å². The summed E-state index contributed by atoms with van der Waals surface area (Å²) in [6.07, 6.45) is 8.47. The average Bonchev–Trinajstić information content (AvgIpc) is 2.92. The van der Waals surface area contributed by atoms with Crippen molar-refractivity contribution in [2.75, 3.05) is 6.54 Å². The minimum Gasteiger partial charge on any atom is -0.310 e. The Balaban J connectivity index is 2.20. The van der Waals surface area contributed by atoms with E-state index in [9.17, 15) is 0 Å². The minimum atomic E-state index is 0.257. The quantitative estimate of drug-likeness (QED) is 0.811. The van der Waals surface area contributed by atoms with Crippen molar-refractivity contribution in [2.24, 2.45) is 0 Å². The molecule has 0 spiro atoms. The Morgan fingerprint density at radius 2 is 2.14 bits per heavy atom. The van der Waals surface area contributed by atoms with Crippen LogP contribution in [0.2, 0.25) is 0 Å². The first-order valence-corrected chi connectivity index (χ1v) is 7.76. The van der Waals surface area contributed by atoms with Gasteiger partial charge in [0.15, 0.2) is 0 Å². The highest BCUT2D eigenvalue weighted by Gasteiger charge is 2.17. The Kier molecular flexibility index (Phi) is 5.87. The number of aryl methyl sites for hydroxylation is 2. The highest BCUT2D eigenvalue weighted by Crippen LogP contribution is 2.20. The van der Waals surface area contributed by atoms with Gasteiger partial charge in [-0.3, -0.25) is 9.67 Å². The number of rotatable bonds is 8. The SMILES string of the molecule is CCCNC(Cc1ncnn1CCC)c1ccncc1C. The van der Waals surface area contributed by atoms with E-state index in [-0.39, 0.29) is 6.04 Å². The molecule has 0 fully saturated rings. The van der Waals surface area contributed by atoms with Crippen LogP contribution >= 0.6 is 0 Å². The van der Waals surface area contributed by atoms with E-state index in [4.69, 9.17) is 0 Å². The lowest BCUT2D eigenvalue weighted by atomic mass is 10.00. The van der Waals surface area contributed by atoms with Crippen molar-refractivity contribution in [3.8, 4) is 0 Å². The number of hydrogen-bond acceptors (Lipinski definition) is 4. The summed E-state index contributed by atoms with van der Waals surface area (Å²) in [6.45, 7) is 8.37. The second kappa shape index (κ2) is 7.88. The molecule has 0 radical (unpaired) electrons. The van der Waals surface area contributed by atoms with Crippen LogP contribution in [0.15, 0.2) is 24.8 Å². The highest BCUT2D eigenvalue weighted by molar-refractivity contribution is 5.26. The molecule has 0 aromatic carbocycles. The van der Waals surface area contributed by atoms with E-state index in [1.807, 2.05) is 17.1 Å². The third-order valence-corrected chi connectivity index (χ3v) is 3.60. The number of aromatic nitrogens is 4. The summed E-state index contributed by atoms with van der Waals surface area (Å²) >= 11 is 0. The first-order chi connectivity index (χ1) is 10.3. The maximum atomic E-state index is 4.43. The van der Waals surface area contributed by atoms with Gasteiger partial charge < -0.3 is 5.32 Å². The molecule has 21 heavy (non-hydrogen) atoms. The molecule has 2 aromatic heterocycles. The maximum absolute atomic E-state index is 4.43. The zero-order valence-corrected chi connectivity index (χ0v) is 13.2. The van der Waals surface area contributed by atoms with Crippen LogP contribution in [0.4, 0.5) is 0 Å². The molecule has 0 aliphatic heterocycles. The van der Waals surface area contributed by atoms with E-state index in [0.29, 0.717) is 0 Å². The van der Waals surface area contributed by atoms with E-state index >= 15 is 0 Å². The molecule has 0 saturated heterocycles. The van der Waals surface area contributed by atoms with Crippen LogP contribution in [0, 0.1) is 6.92 Å². The lowest BCUT2D eigenvalue weighted by molar-refractivity contribution is 0.486. The molecule has 2 rings (SSSR count). The molecule has 5 nitrogen and oxygen atoms in total. The van der Waals surface area contributed by atoms with E-state index in [1.54, 1.807) is 6.33 Å². The van der Waals surface area contributed by atoms with Gasteiger partial charge in [0.2, 0.25) is 0 Å². The maximum Gasteiger partial charge on any atom is 0.138 e. The molecule has 0 bridgehead atoms. The monoisotopic (exact) mass is 287 g/mol. The van der Waals surface area contributed by atoms with Crippen LogP contribution in [0.5, 0.6) is 0 Å². The number of nitrogens with one attached hydrogen (secondary N) is 1. The van der Waals surface area contributed by atoms with E-state index in [0.717, 1.165) is 38.2 Å². The second-order valence-electron chi connectivity index (χ2n) is 5.34. The largest absolute Gasteiger partial charge is 0.310 e. The molecule has 2 heterocycles. The van der Waals surface area contributed by atoms with Crippen molar-refractivity contribution in [3.63, 3.8) is 0 Å². The Hall–Kier alpha value is -1.75. The van der Waals surface area contributed by atoms with Gasteiger partial charge in [0.25, 0.3) is 0 Å². The summed E-state index contributed by atoms with van der Waals surface area (Å²) < 4.78 is 2.01. The summed E-state index contributed by atoms with van der Waals surface area (Å²) in [7, 11) is 0. The molecule has 1 N–H and O–H groups in total. The normalized spacial score (nSPS) is 12.5. The summed E-state index contributed by atoms with van der Waals surface area (Å²) in [4.78, 5) is 8.62. The predicted molar refractivity (Wildman–Crippen MR) is 84.0 cm³/mol. The van der Waals surface area contributed by atoms with Crippen LogP contribution in [0.1, 0.15) is 49.7 Å². The van der Waals surface area contributed by atoms with Crippen molar-refractivity contribution in [2.45, 2.75) is 52.6 Å². The third kappa shape index (κ3) is 4.11. The lowest BCUT2D eigenvalue weighted by Gasteiger charge is -2.20. The molecular weight excluding hydrogens is 262 g/mol. The molecule has 0 aliphatic carbocycles. The topological polar surface area (TPSA) is 55.6 Å². The Morgan fingerprint density at radius 3 is 2.86 bits per heavy atom. The zero-order valence-electron chi connectivity index (χ0n) is 13.2. The predicted octanol–water partition coefficient (Wildman–Crippen LogP) is 2.67. The fourth-order valence-electron chi connectivity index (χ4n) is 2.51. The fraction of sp³-hybridized carbons (Fsp3) is 0.562. The number of nitrogens with zero attached hydrogens (tertiary/aromatic N) is 4. The molecule has 114 valence electrons. The Morgan fingerprint density at radius 1 is 1.29 bits per heavy atom. The summed E-state index contributed by atoms with van der Waals surface area (Å²) in [5, 5.41) is 7.95. The smallest absolute Gasteiger partial charge is 0.138 e. The fourth-order valence-corrected chi connectivity index (χ4v) is 2.51. The molecule has 1 unspecified atom stereocenters. The van der Waals surface area contributed by atoms with Crippen molar-refractivity contribution in [3.05, 3.63) is 41.7 Å². The minimum absolute atomic E-state index is 0.257. The van der Waals surface area contributed by atoms with Crippen LogP contribution in [0.3, 0.4) is 0 Å². The van der Waals surface area contributed by atoms with Crippen LogP contribution < -0.4 is 5.32 Å². The summed E-state index contributed by atoms with van der Waals surface area (Å²) in [5.74, 6) is 1.04. The Labute approximate surface area is 126 Å².